The minimum Gasteiger partial charge on any atom is -0.491 e. The van der Waals surface area contributed by atoms with Crippen LogP contribution in [0.3, 0.4) is 0 Å². The number of nitrogens with one attached hydrogen (secondary N) is 1. The van der Waals surface area contributed by atoms with E-state index in [0.717, 1.165) is 17.7 Å². The van der Waals surface area contributed by atoms with Crippen LogP contribution in [-0.4, -0.2) is 17.0 Å². The third-order valence-corrected chi connectivity index (χ3v) is 4.53. The first-order chi connectivity index (χ1) is 13.2. The number of halogens is 3. The summed E-state index contributed by atoms with van der Waals surface area (Å²) >= 11 is 1.27. The predicted molar refractivity (Wildman–Crippen MR) is 103 cm³/mol. The second-order valence-corrected chi connectivity index (χ2v) is 7.12. The Morgan fingerprint density at radius 1 is 1.14 bits per heavy atom. The molecule has 0 saturated carbocycles. The summed E-state index contributed by atoms with van der Waals surface area (Å²) in [4.78, 5) is 16.7. The van der Waals surface area contributed by atoms with Crippen molar-refractivity contribution in [3.05, 3.63) is 65.2 Å². The molecule has 4 nitrogen and oxygen atoms in total. The number of aromatic nitrogens is 1. The summed E-state index contributed by atoms with van der Waals surface area (Å²) in [5, 5.41) is 4.63. The molecule has 0 bridgehead atoms. The fraction of sp³-hybridized carbons (Fsp3) is 0.200. The molecule has 0 saturated heterocycles. The predicted octanol–water partition coefficient (Wildman–Crippen LogP) is 5.87. The number of carbonyl (C=O) groups excluding carboxylic acids is 1. The third-order valence-electron chi connectivity index (χ3n) is 3.64. The highest BCUT2D eigenvalue weighted by Gasteiger charge is 2.30. The number of amides is 1. The van der Waals surface area contributed by atoms with Crippen LogP contribution in [0.1, 0.15) is 29.9 Å². The van der Waals surface area contributed by atoms with E-state index in [1.807, 2.05) is 38.1 Å². The van der Waals surface area contributed by atoms with Crippen LogP contribution in [0.5, 0.6) is 5.75 Å². The van der Waals surface area contributed by atoms with Crippen LogP contribution in [0.15, 0.2) is 53.9 Å². The fourth-order valence-electron chi connectivity index (χ4n) is 2.45. The quantitative estimate of drug-likeness (QED) is 0.577. The summed E-state index contributed by atoms with van der Waals surface area (Å²) in [5.74, 6) is 0.120. The average Bonchev–Trinajstić information content (AvgIpc) is 3.11. The van der Waals surface area contributed by atoms with Gasteiger partial charge >= 0.3 is 6.18 Å². The van der Waals surface area contributed by atoms with Gasteiger partial charge in [0.1, 0.15) is 16.5 Å². The molecule has 1 aromatic heterocycles. The van der Waals surface area contributed by atoms with Gasteiger partial charge in [-0.25, -0.2) is 4.98 Å². The number of carbonyl (C=O) groups is 1. The molecule has 146 valence electrons. The van der Waals surface area contributed by atoms with E-state index < -0.39 is 17.6 Å². The van der Waals surface area contributed by atoms with Crippen molar-refractivity contribution in [3.63, 3.8) is 0 Å². The minimum atomic E-state index is -4.47. The van der Waals surface area contributed by atoms with Crippen LogP contribution < -0.4 is 10.1 Å². The van der Waals surface area contributed by atoms with Crippen molar-refractivity contribution in [2.75, 3.05) is 5.32 Å². The van der Waals surface area contributed by atoms with Gasteiger partial charge in [-0.3, -0.25) is 4.79 Å². The number of nitrogens with zero attached hydrogens (tertiary/aromatic N) is 1. The van der Waals surface area contributed by atoms with E-state index in [4.69, 9.17) is 4.74 Å². The number of benzene rings is 2. The normalized spacial score (nSPS) is 11.5. The van der Waals surface area contributed by atoms with Crippen LogP contribution in [-0.2, 0) is 6.18 Å². The molecule has 8 heteroatoms. The van der Waals surface area contributed by atoms with Gasteiger partial charge in [-0.2, -0.15) is 13.2 Å². The highest BCUT2D eigenvalue weighted by Crippen LogP contribution is 2.31. The van der Waals surface area contributed by atoms with Crippen molar-refractivity contribution in [2.24, 2.45) is 0 Å². The first-order valence-corrected chi connectivity index (χ1v) is 9.31. The standard InChI is InChI=1S/C20H17F3N2O2S/c1-12(2)27-16-8-3-5-13(9-16)19-25-17(11-28-19)18(26)24-15-7-4-6-14(10-15)20(21,22)23/h3-12H,1-2H3,(H,24,26). The van der Waals surface area contributed by atoms with Crippen LogP contribution in [0.2, 0.25) is 0 Å². The van der Waals surface area contributed by atoms with Crippen LogP contribution in [0.25, 0.3) is 10.6 Å². The topological polar surface area (TPSA) is 51.2 Å². The second-order valence-electron chi connectivity index (χ2n) is 6.27. The Labute approximate surface area is 164 Å². The maximum absolute atomic E-state index is 12.8. The van der Waals surface area contributed by atoms with E-state index >= 15 is 0 Å². The zero-order valence-electron chi connectivity index (χ0n) is 15.1. The zero-order valence-corrected chi connectivity index (χ0v) is 15.9. The van der Waals surface area contributed by atoms with Gasteiger partial charge in [-0.15, -0.1) is 11.3 Å². The van der Waals surface area contributed by atoms with Gasteiger partial charge in [0.15, 0.2) is 0 Å². The maximum atomic E-state index is 12.8. The number of hydrogen-bond acceptors (Lipinski definition) is 4. The zero-order chi connectivity index (χ0) is 20.3. The molecule has 28 heavy (non-hydrogen) atoms. The fourth-order valence-corrected chi connectivity index (χ4v) is 3.25. The molecule has 1 N–H and O–H groups in total. The monoisotopic (exact) mass is 406 g/mol. The summed E-state index contributed by atoms with van der Waals surface area (Å²) in [6, 6.07) is 11.8. The van der Waals surface area contributed by atoms with Crippen LogP contribution >= 0.6 is 11.3 Å². The molecule has 3 aromatic rings. The highest BCUT2D eigenvalue weighted by atomic mass is 32.1. The summed E-state index contributed by atoms with van der Waals surface area (Å²) in [6.45, 7) is 3.85. The summed E-state index contributed by atoms with van der Waals surface area (Å²) in [7, 11) is 0. The van der Waals surface area contributed by atoms with E-state index in [1.54, 1.807) is 5.38 Å². The number of anilines is 1. The molecule has 0 radical (unpaired) electrons. The Morgan fingerprint density at radius 3 is 2.61 bits per heavy atom. The van der Waals surface area contributed by atoms with E-state index in [0.29, 0.717) is 10.8 Å². The molecule has 0 unspecified atom stereocenters. The van der Waals surface area contributed by atoms with Gasteiger partial charge in [-0.1, -0.05) is 18.2 Å². The van der Waals surface area contributed by atoms with Gasteiger partial charge in [0.05, 0.1) is 11.7 Å². The summed E-state index contributed by atoms with van der Waals surface area (Å²) < 4.78 is 44.0. The number of hydrogen-bond donors (Lipinski definition) is 1. The van der Waals surface area contributed by atoms with Crippen LogP contribution in [0.4, 0.5) is 18.9 Å². The van der Waals surface area contributed by atoms with Crippen molar-refractivity contribution >= 4 is 22.9 Å². The molecule has 3 rings (SSSR count). The maximum Gasteiger partial charge on any atom is 0.416 e. The first-order valence-electron chi connectivity index (χ1n) is 8.43. The molecule has 0 aliphatic rings. The Balaban J connectivity index is 1.76. The summed E-state index contributed by atoms with van der Waals surface area (Å²) in [5.41, 5.74) is 0.154. The molecule has 0 aliphatic carbocycles. The smallest absolute Gasteiger partial charge is 0.416 e. The lowest BCUT2D eigenvalue weighted by Gasteiger charge is -2.10. The third kappa shape index (κ3) is 4.89. The Morgan fingerprint density at radius 2 is 1.89 bits per heavy atom. The molecule has 0 spiro atoms. The SMILES string of the molecule is CC(C)Oc1cccc(-c2nc(C(=O)Nc3cccc(C(F)(F)F)c3)cs2)c1. The molecule has 1 heterocycles. The van der Waals surface area contributed by atoms with Crippen molar-refractivity contribution in [2.45, 2.75) is 26.1 Å². The minimum absolute atomic E-state index is 0.0281. The van der Waals surface area contributed by atoms with E-state index in [1.165, 1.54) is 23.5 Å². The number of thiazole rings is 1. The molecular formula is C20H17F3N2O2S. The van der Waals surface area contributed by atoms with E-state index in [9.17, 15) is 18.0 Å². The Kier molecular flexibility index (Phi) is 5.69. The van der Waals surface area contributed by atoms with Crippen LogP contribution in [0, 0.1) is 0 Å². The molecule has 0 atom stereocenters. The highest BCUT2D eigenvalue weighted by molar-refractivity contribution is 7.13. The van der Waals surface area contributed by atoms with Crippen molar-refractivity contribution in [1.82, 2.24) is 4.98 Å². The van der Waals surface area contributed by atoms with Gasteiger partial charge in [0.2, 0.25) is 0 Å². The number of alkyl halides is 3. The molecule has 2 aromatic carbocycles. The molecular weight excluding hydrogens is 389 g/mol. The van der Waals surface area contributed by atoms with Crippen molar-refractivity contribution in [1.29, 1.82) is 0 Å². The Hall–Kier alpha value is -2.87. The van der Waals surface area contributed by atoms with Gasteiger partial charge < -0.3 is 10.1 Å². The van der Waals surface area contributed by atoms with Crippen molar-refractivity contribution < 1.29 is 22.7 Å². The van der Waals surface area contributed by atoms with Gasteiger partial charge in [-0.05, 0) is 44.2 Å². The average molecular weight is 406 g/mol. The van der Waals surface area contributed by atoms with Gasteiger partial charge in [0.25, 0.3) is 5.91 Å². The second kappa shape index (κ2) is 8.02. The van der Waals surface area contributed by atoms with E-state index in [2.05, 4.69) is 10.3 Å². The summed E-state index contributed by atoms with van der Waals surface area (Å²) in [6.07, 6.45) is -4.45. The van der Waals surface area contributed by atoms with Crippen molar-refractivity contribution in [3.8, 4) is 16.3 Å². The largest absolute Gasteiger partial charge is 0.491 e. The molecule has 0 fully saturated rings. The lowest BCUT2D eigenvalue weighted by atomic mass is 10.2. The lowest BCUT2D eigenvalue weighted by molar-refractivity contribution is -0.137. The first kappa shape index (κ1) is 19.9. The van der Waals surface area contributed by atoms with Gasteiger partial charge in [0, 0.05) is 16.6 Å². The number of ether oxygens (including phenoxy) is 1. The molecule has 1 amide bonds. The molecule has 0 aliphatic heterocycles. The lowest BCUT2D eigenvalue weighted by Crippen LogP contribution is -2.13. The van der Waals surface area contributed by atoms with E-state index in [-0.39, 0.29) is 17.5 Å². The number of rotatable bonds is 5. The Bertz CT molecular complexity index is 983.